The maximum Gasteiger partial charge on any atom is 0.192 e. The largest absolute Gasteiger partial charge is 0.410 e. The highest BCUT2D eigenvalue weighted by atomic mass is 28.4. The Morgan fingerprint density at radius 2 is 1.95 bits per heavy atom. The first-order valence-electron chi connectivity index (χ1n) is 7.23. The molecular formula is C16H30O2Si. The number of hydrogen-bond acceptors (Lipinski definition) is 2. The van der Waals surface area contributed by atoms with Crippen LogP contribution in [0.1, 0.15) is 40.5 Å². The van der Waals surface area contributed by atoms with E-state index in [1.165, 1.54) is 11.1 Å². The molecular weight excluding hydrogens is 252 g/mol. The lowest BCUT2D eigenvalue weighted by Crippen LogP contribution is -2.45. The van der Waals surface area contributed by atoms with Gasteiger partial charge < -0.3 is 9.53 Å². The molecule has 0 heterocycles. The molecule has 19 heavy (non-hydrogen) atoms. The van der Waals surface area contributed by atoms with E-state index in [0.29, 0.717) is 5.92 Å². The van der Waals surface area contributed by atoms with Gasteiger partial charge in [0.1, 0.15) is 0 Å². The van der Waals surface area contributed by atoms with Crippen LogP contribution in [0.4, 0.5) is 0 Å². The van der Waals surface area contributed by atoms with E-state index in [1.54, 1.807) is 0 Å². The second kappa shape index (κ2) is 5.94. The first-order chi connectivity index (χ1) is 8.58. The molecule has 1 aliphatic carbocycles. The van der Waals surface area contributed by atoms with Gasteiger partial charge in [0.05, 0.1) is 12.7 Å². The molecule has 1 saturated carbocycles. The number of aliphatic hydroxyl groups excluding tert-OH is 1. The van der Waals surface area contributed by atoms with Crippen LogP contribution in [0.15, 0.2) is 23.8 Å². The molecule has 1 rings (SSSR count). The molecule has 0 saturated heterocycles. The lowest BCUT2D eigenvalue weighted by molar-refractivity contribution is 0.188. The summed E-state index contributed by atoms with van der Waals surface area (Å²) in [7, 11) is -1.77. The predicted molar refractivity (Wildman–Crippen MR) is 84.8 cm³/mol. The number of aliphatic hydroxyl groups is 1. The Morgan fingerprint density at radius 3 is 2.42 bits per heavy atom. The zero-order valence-corrected chi connectivity index (χ0v) is 14.4. The molecule has 3 heteroatoms. The van der Waals surface area contributed by atoms with E-state index in [1.807, 2.05) is 6.08 Å². The van der Waals surface area contributed by atoms with E-state index in [9.17, 15) is 0 Å². The second-order valence-electron chi connectivity index (χ2n) is 7.30. The van der Waals surface area contributed by atoms with Gasteiger partial charge in [-0.3, -0.25) is 0 Å². The highest BCUT2D eigenvalue weighted by Gasteiger charge is 2.41. The van der Waals surface area contributed by atoms with Gasteiger partial charge in [-0.2, -0.15) is 0 Å². The minimum atomic E-state index is -1.77. The minimum Gasteiger partial charge on any atom is -0.410 e. The Bertz CT molecular complexity index is 363. The Morgan fingerprint density at radius 1 is 1.37 bits per heavy atom. The van der Waals surface area contributed by atoms with Crippen molar-refractivity contribution in [2.75, 3.05) is 6.61 Å². The molecule has 2 atom stereocenters. The first kappa shape index (κ1) is 16.7. The molecule has 1 fully saturated rings. The number of rotatable bonds is 3. The smallest absolute Gasteiger partial charge is 0.192 e. The lowest BCUT2D eigenvalue weighted by Gasteiger charge is -2.42. The topological polar surface area (TPSA) is 29.5 Å². The maximum absolute atomic E-state index is 9.09. The van der Waals surface area contributed by atoms with E-state index in [2.05, 4.69) is 47.4 Å². The summed E-state index contributed by atoms with van der Waals surface area (Å²) in [4.78, 5) is 0. The van der Waals surface area contributed by atoms with Crippen LogP contribution in [0.2, 0.25) is 18.1 Å². The van der Waals surface area contributed by atoms with Crippen molar-refractivity contribution in [2.45, 2.75) is 64.8 Å². The van der Waals surface area contributed by atoms with Crippen LogP contribution in [0.5, 0.6) is 0 Å². The lowest BCUT2D eigenvalue weighted by atomic mass is 9.81. The Kier molecular flexibility index (Phi) is 5.21. The molecule has 0 unspecified atom stereocenters. The number of hydrogen-bond donors (Lipinski definition) is 1. The third-order valence-corrected chi connectivity index (χ3v) is 9.17. The van der Waals surface area contributed by atoms with Crippen molar-refractivity contribution in [1.29, 1.82) is 0 Å². The van der Waals surface area contributed by atoms with Crippen LogP contribution in [-0.2, 0) is 4.43 Å². The quantitative estimate of drug-likeness (QED) is 0.618. The summed E-state index contributed by atoms with van der Waals surface area (Å²) in [5.74, 6) is 0.446. The van der Waals surface area contributed by atoms with Gasteiger partial charge in [-0.05, 0) is 42.5 Å². The van der Waals surface area contributed by atoms with Crippen LogP contribution < -0.4 is 0 Å². The van der Waals surface area contributed by atoms with Gasteiger partial charge in [-0.25, -0.2) is 0 Å². The average molecular weight is 282 g/mol. The summed E-state index contributed by atoms with van der Waals surface area (Å²) in [6, 6.07) is 0. The van der Waals surface area contributed by atoms with Crippen LogP contribution in [0.3, 0.4) is 0 Å². The molecule has 0 aromatic heterocycles. The summed E-state index contributed by atoms with van der Waals surface area (Å²) >= 11 is 0. The summed E-state index contributed by atoms with van der Waals surface area (Å²) in [5.41, 5.74) is 2.53. The van der Waals surface area contributed by atoms with Crippen molar-refractivity contribution < 1.29 is 9.53 Å². The molecule has 0 radical (unpaired) electrons. The Hall–Kier alpha value is -0.383. The van der Waals surface area contributed by atoms with Crippen molar-refractivity contribution in [1.82, 2.24) is 0 Å². The zero-order valence-electron chi connectivity index (χ0n) is 13.4. The Labute approximate surface area is 119 Å². The van der Waals surface area contributed by atoms with Gasteiger partial charge in [0, 0.05) is 0 Å². The van der Waals surface area contributed by atoms with Crippen molar-refractivity contribution >= 4 is 8.32 Å². The summed E-state index contributed by atoms with van der Waals surface area (Å²) in [5, 5.41) is 9.30. The third kappa shape index (κ3) is 4.04. The van der Waals surface area contributed by atoms with Gasteiger partial charge in [0.2, 0.25) is 0 Å². The molecule has 0 bridgehead atoms. The standard InChI is InChI=1S/C16H30O2Si/c1-12-10-14(8-9-17)11-15(13(12)2)18-19(6,7)16(3,4)5/h8,12,15,17H,2,9-11H2,1,3-7H3/b14-8-/t12-,15-/m1/s1. The molecule has 2 nitrogen and oxygen atoms in total. The van der Waals surface area contributed by atoms with Crippen LogP contribution in [0, 0.1) is 5.92 Å². The van der Waals surface area contributed by atoms with E-state index in [0.717, 1.165) is 12.8 Å². The van der Waals surface area contributed by atoms with Crippen molar-refractivity contribution in [3.8, 4) is 0 Å². The van der Waals surface area contributed by atoms with Crippen molar-refractivity contribution in [2.24, 2.45) is 5.92 Å². The fourth-order valence-corrected chi connectivity index (χ4v) is 3.54. The summed E-state index contributed by atoms with van der Waals surface area (Å²) in [6.45, 7) is 17.9. The second-order valence-corrected chi connectivity index (χ2v) is 12.1. The molecule has 0 aliphatic heterocycles. The maximum atomic E-state index is 9.09. The van der Waals surface area contributed by atoms with Gasteiger partial charge in [0.15, 0.2) is 8.32 Å². The zero-order chi connectivity index (χ0) is 14.8. The highest BCUT2D eigenvalue weighted by molar-refractivity contribution is 6.74. The molecule has 0 spiro atoms. The molecule has 1 aliphatic rings. The SMILES string of the molecule is C=C1[C@H](C)C/C(=C/CO)C[C@H]1O[Si](C)(C)C(C)(C)C. The summed E-state index contributed by atoms with van der Waals surface area (Å²) < 4.78 is 6.52. The van der Waals surface area contributed by atoms with Crippen molar-refractivity contribution in [3.63, 3.8) is 0 Å². The first-order valence-corrected chi connectivity index (χ1v) is 10.1. The van der Waals surface area contributed by atoms with E-state index >= 15 is 0 Å². The minimum absolute atomic E-state index is 0.126. The highest BCUT2D eigenvalue weighted by Crippen LogP contribution is 2.41. The molecule has 0 aromatic rings. The fraction of sp³-hybridized carbons (Fsp3) is 0.750. The molecule has 1 N–H and O–H groups in total. The fourth-order valence-electron chi connectivity index (χ4n) is 2.24. The van der Waals surface area contributed by atoms with Gasteiger partial charge in [-0.1, -0.05) is 45.9 Å². The monoisotopic (exact) mass is 282 g/mol. The van der Waals surface area contributed by atoms with E-state index in [-0.39, 0.29) is 17.7 Å². The van der Waals surface area contributed by atoms with E-state index < -0.39 is 8.32 Å². The van der Waals surface area contributed by atoms with Crippen LogP contribution in [0.25, 0.3) is 0 Å². The predicted octanol–water partition coefficient (Wildman–Crippen LogP) is 4.28. The van der Waals surface area contributed by atoms with Gasteiger partial charge in [0.25, 0.3) is 0 Å². The third-order valence-electron chi connectivity index (χ3n) is 4.69. The van der Waals surface area contributed by atoms with Crippen LogP contribution in [-0.4, -0.2) is 26.1 Å². The molecule has 0 aromatic carbocycles. The van der Waals surface area contributed by atoms with Gasteiger partial charge >= 0.3 is 0 Å². The molecule has 110 valence electrons. The normalized spacial score (nSPS) is 27.9. The van der Waals surface area contributed by atoms with Crippen LogP contribution >= 0.6 is 0 Å². The Balaban J connectivity index is 2.86. The summed E-state index contributed by atoms with van der Waals surface area (Å²) in [6.07, 6.45) is 3.97. The van der Waals surface area contributed by atoms with E-state index in [4.69, 9.17) is 9.53 Å². The van der Waals surface area contributed by atoms with Crippen molar-refractivity contribution in [3.05, 3.63) is 23.8 Å². The van der Waals surface area contributed by atoms with Gasteiger partial charge in [-0.15, -0.1) is 0 Å². The molecule has 0 amide bonds. The average Bonchev–Trinajstić information content (AvgIpc) is 2.23.